The SMILES string of the molecule is NNC=O.c1nnco1. The Bertz CT molecular complexity index is 111. The van der Waals surface area contributed by atoms with E-state index >= 15 is 0 Å². The summed E-state index contributed by atoms with van der Waals surface area (Å²) in [5.74, 6) is 4.41. The van der Waals surface area contributed by atoms with Crippen LogP contribution in [-0.2, 0) is 4.79 Å². The fourth-order valence-corrected chi connectivity index (χ4v) is 0.136. The molecule has 0 aliphatic heterocycles. The smallest absolute Gasteiger partial charge is 0.221 e. The van der Waals surface area contributed by atoms with Crippen LogP contribution in [0.5, 0.6) is 0 Å². The molecular formula is C3H6N4O2. The van der Waals surface area contributed by atoms with E-state index in [-0.39, 0.29) is 0 Å². The van der Waals surface area contributed by atoms with Gasteiger partial charge in [-0.2, -0.15) is 0 Å². The van der Waals surface area contributed by atoms with Gasteiger partial charge in [-0.15, -0.1) is 10.2 Å². The molecule has 6 heteroatoms. The topological polar surface area (TPSA) is 94.0 Å². The molecule has 0 fully saturated rings. The minimum absolute atomic E-state index is 0.403. The van der Waals surface area contributed by atoms with Gasteiger partial charge in [-0.05, 0) is 0 Å². The molecule has 1 amide bonds. The van der Waals surface area contributed by atoms with Crippen molar-refractivity contribution < 1.29 is 9.21 Å². The second-order valence-corrected chi connectivity index (χ2v) is 0.862. The third kappa shape index (κ3) is 6.57. The van der Waals surface area contributed by atoms with Crippen LogP contribution in [0.3, 0.4) is 0 Å². The van der Waals surface area contributed by atoms with E-state index in [1.165, 1.54) is 12.8 Å². The van der Waals surface area contributed by atoms with Gasteiger partial charge in [-0.1, -0.05) is 0 Å². The molecule has 1 aromatic heterocycles. The molecule has 0 unspecified atom stereocenters. The van der Waals surface area contributed by atoms with Crippen LogP contribution in [-0.4, -0.2) is 16.6 Å². The molecule has 0 radical (unpaired) electrons. The second kappa shape index (κ2) is 6.57. The van der Waals surface area contributed by atoms with Gasteiger partial charge < -0.3 is 4.42 Å². The molecule has 50 valence electrons. The number of aromatic nitrogens is 2. The summed E-state index contributed by atoms with van der Waals surface area (Å²) in [5, 5.41) is 6.61. The van der Waals surface area contributed by atoms with Crippen LogP contribution < -0.4 is 11.3 Å². The van der Waals surface area contributed by atoms with Crippen molar-refractivity contribution in [2.75, 3.05) is 0 Å². The van der Waals surface area contributed by atoms with Crippen molar-refractivity contribution in [1.82, 2.24) is 15.6 Å². The number of hydrogen-bond acceptors (Lipinski definition) is 5. The minimum atomic E-state index is 0.403. The third-order valence-corrected chi connectivity index (χ3v) is 0.351. The molecule has 0 aromatic carbocycles. The highest BCUT2D eigenvalue weighted by atomic mass is 16.3. The molecule has 0 aliphatic rings. The zero-order valence-corrected chi connectivity index (χ0v) is 4.52. The van der Waals surface area contributed by atoms with Gasteiger partial charge in [0, 0.05) is 0 Å². The van der Waals surface area contributed by atoms with Crippen molar-refractivity contribution in [3.8, 4) is 0 Å². The molecule has 0 saturated heterocycles. The Morgan fingerprint density at radius 3 is 2.11 bits per heavy atom. The van der Waals surface area contributed by atoms with Crippen molar-refractivity contribution in [2.45, 2.75) is 0 Å². The standard InChI is InChI=1S/C2H2N2O.CH4N2O/c1-3-4-2-5-1;2-3-1-4/h1-2H;1H,2H2,(H,3,4). The van der Waals surface area contributed by atoms with Gasteiger partial charge in [0.15, 0.2) is 0 Å². The molecule has 0 bridgehead atoms. The maximum Gasteiger partial charge on any atom is 0.221 e. The highest BCUT2D eigenvalue weighted by molar-refractivity contribution is 5.44. The zero-order valence-electron chi connectivity index (χ0n) is 4.52. The van der Waals surface area contributed by atoms with Crippen molar-refractivity contribution in [3.63, 3.8) is 0 Å². The summed E-state index contributed by atoms with van der Waals surface area (Å²) >= 11 is 0. The van der Waals surface area contributed by atoms with Crippen LogP contribution in [0, 0.1) is 0 Å². The van der Waals surface area contributed by atoms with E-state index in [9.17, 15) is 0 Å². The lowest BCUT2D eigenvalue weighted by molar-refractivity contribution is -0.109. The van der Waals surface area contributed by atoms with Gasteiger partial charge in [0.1, 0.15) is 0 Å². The molecule has 0 spiro atoms. The maximum absolute atomic E-state index is 8.94. The molecule has 1 rings (SSSR count). The Labute approximate surface area is 51.0 Å². The second-order valence-electron chi connectivity index (χ2n) is 0.862. The van der Waals surface area contributed by atoms with Crippen LogP contribution in [0.4, 0.5) is 0 Å². The van der Waals surface area contributed by atoms with E-state index in [2.05, 4.69) is 20.5 Å². The van der Waals surface area contributed by atoms with Crippen LogP contribution >= 0.6 is 0 Å². The number of carbonyl (C=O) groups excluding carboxylic acids is 1. The quantitative estimate of drug-likeness (QED) is 0.213. The molecular weight excluding hydrogens is 124 g/mol. The number of rotatable bonds is 1. The molecule has 0 aliphatic carbocycles. The van der Waals surface area contributed by atoms with E-state index in [4.69, 9.17) is 4.79 Å². The lowest BCUT2D eigenvalue weighted by atomic mass is 11.4. The third-order valence-electron chi connectivity index (χ3n) is 0.351. The van der Waals surface area contributed by atoms with Crippen LogP contribution in [0.1, 0.15) is 0 Å². The molecule has 6 nitrogen and oxygen atoms in total. The van der Waals surface area contributed by atoms with E-state index in [0.717, 1.165) is 0 Å². The van der Waals surface area contributed by atoms with Gasteiger partial charge in [0.2, 0.25) is 19.2 Å². The minimum Gasteiger partial charge on any atom is -0.431 e. The number of carbonyl (C=O) groups is 1. The average molecular weight is 130 g/mol. The van der Waals surface area contributed by atoms with Gasteiger partial charge in [0.25, 0.3) is 0 Å². The summed E-state index contributed by atoms with van der Waals surface area (Å²) in [6.45, 7) is 0. The van der Waals surface area contributed by atoms with E-state index in [0.29, 0.717) is 6.41 Å². The van der Waals surface area contributed by atoms with Crippen molar-refractivity contribution in [3.05, 3.63) is 12.8 Å². The van der Waals surface area contributed by atoms with Gasteiger partial charge >= 0.3 is 0 Å². The first-order valence-corrected chi connectivity index (χ1v) is 2.00. The number of nitrogens with two attached hydrogens (primary N) is 1. The van der Waals surface area contributed by atoms with Crippen molar-refractivity contribution in [1.29, 1.82) is 0 Å². The van der Waals surface area contributed by atoms with Gasteiger partial charge in [0.05, 0.1) is 0 Å². The Morgan fingerprint density at radius 1 is 1.56 bits per heavy atom. The summed E-state index contributed by atoms with van der Waals surface area (Å²) in [4.78, 5) is 8.94. The van der Waals surface area contributed by atoms with E-state index in [1.807, 2.05) is 0 Å². The highest BCUT2D eigenvalue weighted by Crippen LogP contribution is 1.64. The number of hydrazine groups is 1. The number of nitrogens with zero attached hydrogens (tertiary/aromatic N) is 2. The number of hydrogen-bond donors (Lipinski definition) is 2. The van der Waals surface area contributed by atoms with Crippen LogP contribution in [0.25, 0.3) is 0 Å². The van der Waals surface area contributed by atoms with Gasteiger partial charge in [-0.25, -0.2) is 5.84 Å². The fourth-order valence-electron chi connectivity index (χ4n) is 0.136. The predicted octanol–water partition coefficient (Wildman–Crippen LogP) is -1.32. The fraction of sp³-hybridized carbons (Fsp3) is 0. The first-order chi connectivity index (χ1) is 4.41. The van der Waals surface area contributed by atoms with E-state index in [1.54, 1.807) is 5.43 Å². The van der Waals surface area contributed by atoms with Crippen LogP contribution in [0.15, 0.2) is 17.2 Å². The monoisotopic (exact) mass is 130 g/mol. The molecule has 3 N–H and O–H groups in total. The molecule has 9 heavy (non-hydrogen) atoms. The molecule has 0 saturated carbocycles. The Hall–Kier alpha value is -1.43. The van der Waals surface area contributed by atoms with Gasteiger partial charge in [-0.3, -0.25) is 10.2 Å². The Morgan fingerprint density at radius 2 is 2.00 bits per heavy atom. The number of amides is 1. The summed E-state index contributed by atoms with van der Waals surface area (Å²) in [6.07, 6.45) is 2.93. The number of nitrogens with one attached hydrogen (secondary N) is 1. The predicted molar refractivity (Wildman–Crippen MR) is 27.7 cm³/mol. The van der Waals surface area contributed by atoms with Crippen LogP contribution in [0.2, 0.25) is 0 Å². The lowest BCUT2D eigenvalue weighted by Gasteiger charge is -1.66. The lowest BCUT2D eigenvalue weighted by Crippen LogP contribution is -2.18. The van der Waals surface area contributed by atoms with Crippen molar-refractivity contribution >= 4 is 6.41 Å². The summed E-state index contributed by atoms with van der Waals surface area (Å²) < 4.78 is 4.36. The first kappa shape index (κ1) is 7.57. The Kier molecular flexibility index (Phi) is 5.53. The average Bonchev–Trinajstić information content (AvgIpc) is 2.43. The largest absolute Gasteiger partial charge is 0.431 e. The highest BCUT2D eigenvalue weighted by Gasteiger charge is 1.60. The zero-order chi connectivity index (χ0) is 6.95. The first-order valence-electron chi connectivity index (χ1n) is 2.00. The normalized spacial score (nSPS) is 6.78. The molecule has 1 aromatic rings. The Balaban J connectivity index is 0.000000148. The van der Waals surface area contributed by atoms with Crippen molar-refractivity contribution in [2.24, 2.45) is 5.84 Å². The van der Waals surface area contributed by atoms with E-state index < -0.39 is 0 Å². The summed E-state index contributed by atoms with van der Waals surface area (Å²) in [7, 11) is 0. The summed E-state index contributed by atoms with van der Waals surface area (Å²) in [5.41, 5.74) is 1.75. The summed E-state index contributed by atoms with van der Waals surface area (Å²) in [6, 6.07) is 0. The maximum atomic E-state index is 8.94. The molecule has 0 atom stereocenters. The molecule has 1 heterocycles.